The van der Waals surface area contributed by atoms with Gasteiger partial charge in [0.25, 0.3) is 0 Å². The van der Waals surface area contributed by atoms with E-state index in [1.165, 1.54) is 35.6 Å². The molecule has 130 valence electrons. The molecule has 5 nitrogen and oxygen atoms in total. The predicted octanol–water partition coefficient (Wildman–Crippen LogP) is 4.36. The molecule has 4 rings (SSSR count). The number of hydrogen-bond acceptors (Lipinski definition) is 6. The summed E-state index contributed by atoms with van der Waals surface area (Å²) in [7, 11) is 0. The number of hydrogen-bond donors (Lipinski definition) is 2. The van der Waals surface area contributed by atoms with Crippen LogP contribution in [0.2, 0.25) is 0 Å². The minimum atomic E-state index is -1.06. The molecule has 2 N–H and O–H groups in total. The summed E-state index contributed by atoms with van der Waals surface area (Å²) in [5.41, 5.74) is 1.23. The molecule has 2 heterocycles. The van der Waals surface area contributed by atoms with Gasteiger partial charge in [-0.1, -0.05) is 24.3 Å². The fourth-order valence-corrected chi connectivity index (χ4v) is 3.28. The number of halogens is 1. The highest BCUT2D eigenvalue weighted by atomic mass is 32.1. The van der Waals surface area contributed by atoms with Gasteiger partial charge in [-0.3, -0.25) is 0 Å². The fraction of sp³-hybridized carbons (Fsp3) is 0.105. The van der Waals surface area contributed by atoms with Crippen LogP contribution in [0.15, 0.2) is 54.7 Å². The molecule has 1 atom stereocenters. The van der Waals surface area contributed by atoms with E-state index in [1.807, 2.05) is 31.2 Å². The fourth-order valence-electron chi connectivity index (χ4n) is 2.62. The van der Waals surface area contributed by atoms with Gasteiger partial charge in [0.05, 0.1) is 5.52 Å². The summed E-state index contributed by atoms with van der Waals surface area (Å²) in [6.45, 7) is 1.98. The van der Waals surface area contributed by atoms with Crippen LogP contribution in [0, 0.1) is 12.7 Å². The SMILES string of the molecule is Cc1cnc(Nc2nc([C@H](O)c3ccc(F)cc3)nc3ccccc23)s1. The molecule has 0 aliphatic heterocycles. The van der Waals surface area contributed by atoms with Crippen LogP contribution in [-0.4, -0.2) is 20.1 Å². The summed E-state index contributed by atoms with van der Waals surface area (Å²) in [5, 5.41) is 15.4. The van der Waals surface area contributed by atoms with Gasteiger partial charge in [0, 0.05) is 16.5 Å². The summed E-state index contributed by atoms with van der Waals surface area (Å²) in [6.07, 6.45) is 0.726. The molecule has 2 aromatic heterocycles. The van der Waals surface area contributed by atoms with E-state index in [2.05, 4.69) is 20.3 Å². The highest BCUT2D eigenvalue weighted by Crippen LogP contribution is 2.29. The Kier molecular flexibility index (Phi) is 4.32. The van der Waals surface area contributed by atoms with Gasteiger partial charge >= 0.3 is 0 Å². The number of aromatic nitrogens is 3. The molecule has 0 aliphatic carbocycles. The maximum atomic E-state index is 13.1. The number of anilines is 2. The number of fused-ring (bicyclic) bond motifs is 1. The van der Waals surface area contributed by atoms with Crippen molar-refractivity contribution in [1.29, 1.82) is 0 Å². The third-order valence-corrected chi connectivity index (χ3v) is 4.73. The number of para-hydroxylation sites is 1. The zero-order chi connectivity index (χ0) is 18.1. The predicted molar refractivity (Wildman–Crippen MR) is 100 cm³/mol. The summed E-state index contributed by atoms with van der Waals surface area (Å²) in [6, 6.07) is 13.2. The van der Waals surface area contributed by atoms with Gasteiger partial charge < -0.3 is 10.4 Å². The van der Waals surface area contributed by atoms with Crippen molar-refractivity contribution >= 4 is 33.2 Å². The normalized spacial score (nSPS) is 12.3. The molecule has 0 saturated heterocycles. The standard InChI is InChI=1S/C19H15FN4OS/c1-11-10-21-19(26-11)24-17-14-4-2-3-5-15(14)22-18(23-17)16(25)12-6-8-13(20)9-7-12/h2-10,16,25H,1H3,(H,21,22,23,24)/t16-/m1/s1. The maximum Gasteiger partial charge on any atom is 0.188 e. The van der Waals surface area contributed by atoms with Crippen molar-refractivity contribution < 1.29 is 9.50 Å². The molecule has 2 aromatic carbocycles. The summed E-state index contributed by atoms with van der Waals surface area (Å²) < 4.78 is 13.1. The quantitative estimate of drug-likeness (QED) is 0.562. The van der Waals surface area contributed by atoms with Crippen molar-refractivity contribution in [1.82, 2.24) is 15.0 Å². The van der Waals surface area contributed by atoms with Crippen LogP contribution < -0.4 is 5.32 Å². The second-order valence-corrected chi connectivity index (χ2v) is 7.04. The van der Waals surface area contributed by atoms with E-state index in [4.69, 9.17) is 0 Å². The Morgan fingerprint density at radius 2 is 1.85 bits per heavy atom. The lowest BCUT2D eigenvalue weighted by molar-refractivity contribution is 0.210. The van der Waals surface area contributed by atoms with E-state index in [9.17, 15) is 9.50 Å². The van der Waals surface area contributed by atoms with E-state index >= 15 is 0 Å². The molecule has 26 heavy (non-hydrogen) atoms. The molecule has 0 aliphatic rings. The van der Waals surface area contributed by atoms with Crippen LogP contribution in [0.3, 0.4) is 0 Å². The smallest absolute Gasteiger partial charge is 0.188 e. The number of rotatable bonds is 4. The van der Waals surface area contributed by atoms with E-state index in [0.717, 1.165) is 10.3 Å². The molecule has 0 fully saturated rings. The summed E-state index contributed by atoms with van der Waals surface area (Å²) in [4.78, 5) is 14.4. The largest absolute Gasteiger partial charge is 0.380 e. The third kappa shape index (κ3) is 3.26. The first kappa shape index (κ1) is 16.6. The zero-order valence-electron chi connectivity index (χ0n) is 13.8. The Morgan fingerprint density at radius 1 is 1.08 bits per heavy atom. The van der Waals surface area contributed by atoms with Crippen molar-refractivity contribution in [3.8, 4) is 0 Å². The molecule has 0 spiro atoms. The molecular weight excluding hydrogens is 351 g/mol. The number of thiazole rings is 1. The van der Waals surface area contributed by atoms with Gasteiger partial charge in [-0.2, -0.15) is 0 Å². The highest BCUT2D eigenvalue weighted by Gasteiger charge is 2.17. The Bertz CT molecular complexity index is 1060. The first-order chi connectivity index (χ1) is 12.6. The van der Waals surface area contributed by atoms with Crippen molar-refractivity contribution in [2.24, 2.45) is 0 Å². The maximum absolute atomic E-state index is 13.1. The first-order valence-electron chi connectivity index (χ1n) is 8.00. The van der Waals surface area contributed by atoms with Crippen molar-refractivity contribution in [3.63, 3.8) is 0 Å². The van der Waals surface area contributed by atoms with Crippen LogP contribution in [0.5, 0.6) is 0 Å². The van der Waals surface area contributed by atoms with Crippen molar-refractivity contribution in [3.05, 3.63) is 76.8 Å². The first-order valence-corrected chi connectivity index (χ1v) is 8.81. The Balaban J connectivity index is 1.79. The molecule has 0 saturated carbocycles. The molecule has 7 heteroatoms. The second-order valence-electron chi connectivity index (χ2n) is 5.80. The zero-order valence-corrected chi connectivity index (χ0v) is 14.7. The number of nitrogens with one attached hydrogen (secondary N) is 1. The molecule has 0 amide bonds. The van der Waals surface area contributed by atoms with Gasteiger partial charge in [-0.15, -0.1) is 11.3 Å². The van der Waals surface area contributed by atoms with Crippen LogP contribution in [0.1, 0.15) is 22.4 Å². The van der Waals surface area contributed by atoms with Crippen molar-refractivity contribution in [2.45, 2.75) is 13.0 Å². The summed E-state index contributed by atoms with van der Waals surface area (Å²) >= 11 is 1.52. The molecule has 0 unspecified atom stereocenters. The average molecular weight is 366 g/mol. The lowest BCUT2D eigenvalue weighted by Crippen LogP contribution is -2.08. The monoisotopic (exact) mass is 366 g/mol. The Labute approximate surface area is 153 Å². The number of benzene rings is 2. The second kappa shape index (κ2) is 6.78. The number of aryl methyl sites for hydroxylation is 1. The average Bonchev–Trinajstić information content (AvgIpc) is 3.06. The lowest BCUT2D eigenvalue weighted by atomic mass is 10.1. The summed E-state index contributed by atoms with van der Waals surface area (Å²) in [5.74, 6) is 0.453. The molecule has 0 bridgehead atoms. The molecule has 0 radical (unpaired) electrons. The minimum absolute atomic E-state index is 0.242. The van der Waals surface area contributed by atoms with Gasteiger partial charge in [-0.05, 0) is 36.8 Å². The van der Waals surface area contributed by atoms with Crippen LogP contribution in [-0.2, 0) is 0 Å². The number of nitrogens with zero attached hydrogens (tertiary/aromatic N) is 3. The van der Waals surface area contributed by atoms with Crippen LogP contribution >= 0.6 is 11.3 Å². The van der Waals surface area contributed by atoms with E-state index < -0.39 is 6.10 Å². The molecule has 4 aromatic rings. The van der Waals surface area contributed by atoms with Gasteiger partial charge in [0.2, 0.25) is 0 Å². The van der Waals surface area contributed by atoms with Crippen LogP contribution in [0.4, 0.5) is 15.3 Å². The third-order valence-electron chi connectivity index (χ3n) is 3.90. The van der Waals surface area contributed by atoms with E-state index in [-0.39, 0.29) is 11.6 Å². The van der Waals surface area contributed by atoms with Gasteiger partial charge in [0.1, 0.15) is 17.7 Å². The molecular formula is C19H15FN4OS. The minimum Gasteiger partial charge on any atom is -0.380 e. The van der Waals surface area contributed by atoms with Crippen molar-refractivity contribution in [2.75, 3.05) is 5.32 Å². The topological polar surface area (TPSA) is 70.9 Å². The van der Waals surface area contributed by atoms with Gasteiger partial charge in [0.15, 0.2) is 11.0 Å². The highest BCUT2D eigenvalue weighted by molar-refractivity contribution is 7.15. The van der Waals surface area contributed by atoms with E-state index in [0.29, 0.717) is 22.0 Å². The number of aliphatic hydroxyl groups is 1. The van der Waals surface area contributed by atoms with Gasteiger partial charge in [-0.25, -0.2) is 19.3 Å². The number of aliphatic hydroxyl groups excluding tert-OH is 1. The van der Waals surface area contributed by atoms with E-state index in [1.54, 1.807) is 6.20 Å². The van der Waals surface area contributed by atoms with Crippen LogP contribution in [0.25, 0.3) is 10.9 Å². The Morgan fingerprint density at radius 3 is 2.58 bits per heavy atom. The lowest BCUT2D eigenvalue weighted by Gasteiger charge is -2.13. The Hall–Kier alpha value is -2.90.